The molecule has 5 rings (SSSR count). The quantitative estimate of drug-likeness (QED) is 0.514. The average molecular weight is 441 g/mol. The molecule has 2 aromatic carbocycles. The Morgan fingerprint density at radius 1 is 0.767 bits per heavy atom. The van der Waals surface area contributed by atoms with Crippen molar-refractivity contribution >= 4 is 28.9 Å². The molecule has 1 saturated heterocycles. The molecule has 0 spiro atoms. The zero-order valence-electron chi connectivity index (χ0n) is 16.9. The van der Waals surface area contributed by atoms with Crippen LogP contribution in [0.1, 0.15) is 25.3 Å². The van der Waals surface area contributed by atoms with Crippen LogP contribution in [0, 0.1) is 0 Å². The summed E-state index contributed by atoms with van der Waals surface area (Å²) < 4.78 is 2.37. The molecule has 2 atom stereocenters. The molecule has 30 heavy (non-hydrogen) atoms. The summed E-state index contributed by atoms with van der Waals surface area (Å²) >= 11 is 12.1. The van der Waals surface area contributed by atoms with Crippen LogP contribution in [0.3, 0.4) is 0 Å². The maximum atomic E-state index is 6.06. The minimum atomic E-state index is 0.512. The fourth-order valence-corrected chi connectivity index (χ4v) is 5.20. The fourth-order valence-electron chi connectivity index (χ4n) is 4.95. The molecule has 0 N–H and O–H groups in total. The van der Waals surface area contributed by atoms with E-state index in [1.165, 1.54) is 24.9 Å². The summed E-state index contributed by atoms with van der Waals surface area (Å²) in [6.07, 6.45) is 7.71. The van der Waals surface area contributed by atoms with Gasteiger partial charge in [0.1, 0.15) is 5.82 Å². The Bertz CT molecular complexity index is 975. The van der Waals surface area contributed by atoms with E-state index in [9.17, 15) is 0 Å². The molecule has 2 unspecified atom stereocenters. The van der Waals surface area contributed by atoms with E-state index in [-0.39, 0.29) is 0 Å². The van der Waals surface area contributed by atoms with Crippen LogP contribution in [0.5, 0.6) is 0 Å². The Labute approximate surface area is 188 Å². The van der Waals surface area contributed by atoms with Gasteiger partial charge in [0.25, 0.3) is 0 Å². The number of rotatable bonds is 4. The van der Waals surface area contributed by atoms with Gasteiger partial charge in [0, 0.05) is 72.0 Å². The Kier molecular flexibility index (Phi) is 5.72. The highest BCUT2D eigenvalue weighted by molar-refractivity contribution is 6.30. The van der Waals surface area contributed by atoms with Crippen molar-refractivity contribution in [2.24, 2.45) is 0 Å². The van der Waals surface area contributed by atoms with E-state index in [1.54, 1.807) is 0 Å². The van der Waals surface area contributed by atoms with E-state index in [4.69, 9.17) is 23.2 Å². The molecular weight excluding hydrogens is 415 g/mol. The summed E-state index contributed by atoms with van der Waals surface area (Å²) in [6, 6.07) is 17.4. The van der Waals surface area contributed by atoms with Crippen molar-refractivity contribution in [2.75, 3.05) is 31.1 Å². The largest absolute Gasteiger partial charge is 0.369 e. The Morgan fingerprint density at radius 3 is 2.10 bits per heavy atom. The highest BCUT2D eigenvalue weighted by Gasteiger charge is 2.32. The molecule has 1 aliphatic heterocycles. The zero-order chi connectivity index (χ0) is 20.5. The number of aromatic nitrogens is 2. The van der Waals surface area contributed by atoms with Crippen LogP contribution in [0.4, 0.5) is 5.69 Å². The third-order valence-corrected chi connectivity index (χ3v) is 7.07. The number of benzene rings is 2. The van der Waals surface area contributed by atoms with E-state index < -0.39 is 0 Å². The lowest BCUT2D eigenvalue weighted by Gasteiger charge is -2.39. The highest BCUT2D eigenvalue weighted by Crippen LogP contribution is 2.36. The van der Waals surface area contributed by atoms with Crippen molar-refractivity contribution in [3.63, 3.8) is 0 Å². The van der Waals surface area contributed by atoms with Gasteiger partial charge in [-0.15, -0.1) is 0 Å². The molecule has 2 heterocycles. The van der Waals surface area contributed by atoms with Crippen molar-refractivity contribution in [2.45, 2.75) is 31.3 Å². The summed E-state index contributed by atoms with van der Waals surface area (Å²) in [5, 5.41) is 1.56. The molecule has 2 aliphatic rings. The SMILES string of the molecule is Clc1ccc(-c2nccn2C2CCC(N3CCN(c4ccc(Cl)cc4)CC3)C2)cc1. The van der Waals surface area contributed by atoms with Gasteiger partial charge in [-0.3, -0.25) is 4.90 Å². The van der Waals surface area contributed by atoms with Gasteiger partial charge < -0.3 is 9.47 Å². The molecule has 3 aromatic rings. The van der Waals surface area contributed by atoms with Crippen LogP contribution in [0.2, 0.25) is 10.0 Å². The number of piperazine rings is 1. The molecule has 1 aliphatic carbocycles. The first-order valence-corrected chi connectivity index (χ1v) is 11.5. The minimum absolute atomic E-state index is 0.512. The highest BCUT2D eigenvalue weighted by atomic mass is 35.5. The third kappa shape index (κ3) is 4.09. The Hall–Kier alpha value is -2.01. The third-order valence-electron chi connectivity index (χ3n) is 6.56. The van der Waals surface area contributed by atoms with E-state index in [0.29, 0.717) is 12.1 Å². The topological polar surface area (TPSA) is 24.3 Å². The van der Waals surface area contributed by atoms with Crippen molar-refractivity contribution < 1.29 is 0 Å². The predicted molar refractivity (Wildman–Crippen MR) is 125 cm³/mol. The second-order valence-electron chi connectivity index (χ2n) is 8.29. The average Bonchev–Trinajstić information content (AvgIpc) is 3.45. The number of anilines is 1. The maximum Gasteiger partial charge on any atom is 0.140 e. The summed E-state index contributed by atoms with van der Waals surface area (Å²) in [4.78, 5) is 9.79. The van der Waals surface area contributed by atoms with Gasteiger partial charge in [0.05, 0.1) is 0 Å². The first-order valence-electron chi connectivity index (χ1n) is 10.7. The molecule has 2 fully saturated rings. The van der Waals surface area contributed by atoms with E-state index >= 15 is 0 Å². The molecule has 0 radical (unpaired) electrons. The lowest BCUT2D eigenvalue weighted by atomic mass is 10.1. The van der Waals surface area contributed by atoms with Crippen molar-refractivity contribution in [1.29, 1.82) is 0 Å². The fraction of sp³-hybridized carbons (Fsp3) is 0.375. The van der Waals surface area contributed by atoms with Crippen LogP contribution in [0.15, 0.2) is 60.9 Å². The van der Waals surface area contributed by atoms with Gasteiger partial charge >= 0.3 is 0 Å². The maximum absolute atomic E-state index is 6.06. The van der Waals surface area contributed by atoms with Crippen molar-refractivity contribution in [3.8, 4) is 11.4 Å². The van der Waals surface area contributed by atoms with Crippen LogP contribution in [0.25, 0.3) is 11.4 Å². The van der Waals surface area contributed by atoms with Crippen LogP contribution < -0.4 is 4.90 Å². The Balaban J connectivity index is 1.22. The number of nitrogens with zero attached hydrogens (tertiary/aromatic N) is 4. The second-order valence-corrected chi connectivity index (χ2v) is 9.16. The van der Waals surface area contributed by atoms with Gasteiger partial charge in [-0.2, -0.15) is 0 Å². The molecule has 6 heteroatoms. The van der Waals surface area contributed by atoms with E-state index in [2.05, 4.69) is 49.8 Å². The normalized spacial score (nSPS) is 22.5. The van der Waals surface area contributed by atoms with Gasteiger partial charge in [-0.05, 0) is 67.8 Å². The van der Waals surface area contributed by atoms with Gasteiger partial charge in [0.15, 0.2) is 0 Å². The zero-order valence-corrected chi connectivity index (χ0v) is 18.4. The molecule has 4 nitrogen and oxygen atoms in total. The monoisotopic (exact) mass is 440 g/mol. The predicted octanol–water partition coefficient (Wildman–Crippen LogP) is 5.77. The van der Waals surface area contributed by atoms with Gasteiger partial charge in [-0.25, -0.2) is 4.98 Å². The molecule has 1 saturated carbocycles. The van der Waals surface area contributed by atoms with Crippen LogP contribution in [-0.4, -0.2) is 46.7 Å². The molecule has 0 bridgehead atoms. The second kappa shape index (κ2) is 8.62. The van der Waals surface area contributed by atoms with Crippen LogP contribution in [-0.2, 0) is 0 Å². The number of halogens is 2. The number of hydrogen-bond acceptors (Lipinski definition) is 3. The summed E-state index contributed by atoms with van der Waals surface area (Å²) in [5.41, 5.74) is 2.40. The number of imidazole rings is 1. The Morgan fingerprint density at radius 2 is 1.40 bits per heavy atom. The summed E-state index contributed by atoms with van der Waals surface area (Å²) in [7, 11) is 0. The molecular formula is C24H26Cl2N4. The van der Waals surface area contributed by atoms with Crippen LogP contribution >= 0.6 is 23.2 Å². The van der Waals surface area contributed by atoms with E-state index in [0.717, 1.165) is 47.6 Å². The standard InChI is InChI=1S/C24H26Cl2N4/c25-19-3-1-18(2-4-19)24-27-11-12-30(24)23-10-9-22(17-23)29-15-13-28(14-16-29)21-7-5-20(26)6-8-21/h1-8,11-12,22-23H,9-10,13-17H2. The lowest BCUT2D eigenvalue weighted by Crippen LogP contribution is -2.49. The molecule has 156 valence electrons. The minimum Gasteiger partial charge on any atom is -0.369 e. The summed E-state index contributed by atoms with van der Waals surface area (Å²) in [6.45, 7) is 4.38. The molecule has 0 amide bonds. The number of hydrogen-bond donors (Lipinski definition) is 0. The lowest BCUT2D eigenvalue weighted by molar-refractivity contribution is 0.184. The van der Waals surface area contributed by atoms with Gasteiger partial charge in [-0.1, -0.05) is 23.2 Å². The first kappa shape index (κ1) is 19.9. The smallest absolute Gasteiger partial charge is 0.140 e. The summed E-state index contributed by atoms with van der Waals surface area (Å²) in [5.74, 6) is 1.05. The molecule has 1 aromatic heterocycles. The van der Waals surface area contributed by atoms with Crippen molar-refractivity contribution in [1.82, 2.24) is 14.5 Å². The van der Waals surface area contributed by atoms with Crippen molar-refractivity contribution in [3.05, 3.63) is 71.0 Å². The van der Waals surface area contributed by atoms with Gasteiger partial charge in [0.2, 0.25) is 0 Å². The van der Waals surface area contributed by atoms with E-state index in [1.807, 2.05) is 30.5 Å². The first-order chi connectivity index (χ1) is 14.7.